The van der Waals surface area contributed by atoms with Gasteiger partial charge in [-0.3, -0.25) is 0 Å². The van der Waals surface area contributed by atoms with Crippen molar-refractivity contribution in [2.45, 2.75) is 0 Å². The van der Waals surface area contributed by atoms with Gasteiger partial charge in [-0.05, 0) is 23.8 Å². The second-order valence-corrected chi connectivity index (χ2v) is 6.33. The maximum absolute atomic E-state index is 9.99. The summed E-state index contributed by atoms with van der Waals surface area (Å²) in [4.78, 5) is 7.55. The van der Waals surface area contributed by atoms with Gasteiger partial charge in [0.1, 0.15) is 23.5 Å². The van der Waals surface area contributed by atoms with Crippen molar-refractivity contribution in [3.63, 3.8) is 0 Å². The molecule has 4 aromatic rings. The zero-order valence-electron chi connectivity index (χ0n) is 15.4. The predicted octanol–water partition coefficient (Wildman–Crippen LogP) is 3.94. The monoisotopic (exact) mass is 381 g/mol. The Bertz CT molecular complexity index is 1340. The highest BCUT2D eigenvalue weighted by Crippen LogP contribution is 2.40. The van der Waals surface area contributed by atoms with Crippen LogP contribution in [0.5, 0.6) is 11.5 Å². The normalized spacial score (nSPS) is 10.4. The molecule has 0 atom stereocenters. The topological polar surface area (TPSA) is 132 Å². The van der Waals surface area contributed by atoms with Gasteiger partial charge >= 0.3 is 0 Å². The Labute approximate surface area is 166 Å². The number of aromatic amines is 1. The highest BCUT2D eigenvalue weighted by molar-refractivity contribution is 5.98. The molecule has 0 aliphatic rings. The summed E-state index contributed by atoms with van der Waals surface area (Å²) in [5.41, 5.74) is 9.27. The van der Waals surface area contributed by atoms with Crippen molar-refractivity contribution in [3.8, 4) is 46.0 Å². The second kappa shape index (κ2) is 6.91. The van der Waals surface area contributed by atoms with Crippen LogP contribution in [-0.4, -0.2) is 22.2 Å². The largest absolute Gasteiger partial charge is 0.504 e. The van der Waals surface area contributed by atoms with Crippen LogP contribution >= 0.6 is 0 Å². The van der Waals surface area contributed by atoms with Crippen LogP contribution in [0.2, 0.25) is 0 Å². The lowest BCUT2D eigenvalue weighted by Crippen LogP contribution is -2.04. The molecular weight excluding hydrogens is 366 g/mol. The molecule has 0 bridgehead atoms. The predicted molar refractivity (Wildman–Crippen MR) is 109 cm³/mol. The molecule has 2 aromatic heterocycles. The summed E-state index contributed by atoms with van der Waals surface area (Å²) in [7, 11) is 1.42. The lowest BCUT2D eigenvalue weighted by atomic mass is 9.92. The highest BCUT2D eigenvalue weighted by atomic mass is 16.5. The number of nitrogens with zero attached hydrogens (tertiary/aromatic N) is 3. The number of aromatic hydroxyl groups is 1. The third kappa shape index (κ3) is 2.78. The average Bonchev–Trinajstić information content (AvgIpc) is 3.17. The number of nitrogens with two attached hydrogens (primary N) is 1. The van der Waals surface area contributed by atoms with Gasteiger partial charge in [0.25, 0.3) is 0 Å². The zero-order chi connectivity index (χ0) is 20.5. The van der Waals surface area contributed by atoms with Gasteiger partial charge in [0.2, 0.25) is 0 Å². The van der Waals surface area contributed by atoms with Gasteiger partial charge in [-0.15, -0.1) is 0 Å². The fourth-order valence-electron chi connectivity index (χ4n) is 3.41. The minimum absolute atomic E-state index is 0.0221. The van der Waals surface area contributed by atoms with Crippen molar-refractivity contribution >= 4 is 16.7 Å². The second-order valence-electron chi connectivity index (χ2n) is 6.33. The molecule has 0 aliphatic carbocycles. The van der Waals surface area contributed by atoms with Crippen molar-refractivity contribution in [2.75, 3.05) is 12.8 Å². The van der Waals surface area contributed by atoms with E-state index in [2.05, 4.69) is 16.0 Å². The van der Waals surface area contributed by atoms with E-state index in [1.165, 1.54) is 13.2 Å². The fourth-order valence-corrected chi connectivity index (χ4v) is 3.41. The average molecular weight is 381 g/mol. The lowest BCUT2D eigenvalue weighted by molar-refractivity contribution is 0.373. The Morgan fingerprint density at radius 1 is 1.10 bits per heavy atom. The molecule has 0 fully saturated rings. The van der Waals surface area contributed by atoms with Crippen LogP contribution < -0.4 is 10.5 Å². The molecule has 140 valence electrons. The summed E-state index contributed by atoms with van der Waals surface area (Å²) < 4.78 is 5.18. The first-order valence-electron chi connectivity index (χ1n) is 8.66. The Hall–Kier alpha value is -4.49. The smallest absolute Gasteiger partial charge is 0.161 e. The minimum atomic E-state index is -0.0489. The summed E-state index contributed by atoms with van der Waals surface area (Å²) in [5.74, 6) is 0.195. The van der Waals surface area contributed by atoms with Gasteiger partial charge in [0, 0.05) is 28.2 Å². The van der Waals surface area contributed by atoms with E-state index in [1.54, 1.807) is 18.3 Å². The van der Waals surface area contributed by atoms with Gasteiger partial charge in [0.15, 0.2) is 11.5 Å². The quantitative estimate of drug-likeness (QED) is 0.492. The molecule has 0 unspecified atom stereocenters. The Balaban J connectivity index is 2.09. The van der Waals surface area contributed by atoms with Gasteiger partial charge in [0.05, 0.1) is 18.4 Å². The van der Waals surface area contributed by atoms with Gasteiger partial charge in [-0.1, -0.05) is 24.3 Å². The Morgan fingerprint density at radius 2 is 1.86 bits per heavy atom. The number of fused-ring (bicyclic) bond motifs is 1. The molecule has 29 heavy (non-hydrogen) atoms. The summed E-state index contributed by atoms with van der Waals surface area (Å²) >= 11 is 0. The number of nitrogen functional groups attached to an aromatic ring is 1. The minimum Gasteiger partial charge on any atom is -0.504 e. The summed E-state index contributed by atoms with van der Waals surface area (Å²) in [5, 5.41) is 30.5. The summed E-state index contributed by atoms with van der Waals surface area (Å²) in [6.45, 7) is 0. The van der Waals surface area contributed by atoms with E-state index in [0.29, 0.717) is 22.4 Å². The zero-order valence-corrected chi connectivity index (χ0v) is 15.4. The number of methoxy groups -OCH3 is 1. The number of benzene rings is 2. The maximum Gasteiger partial charge on any atom is 0.161 e. The number of phenols is 1. The van der Waals surface area contributed by atoms with E-state index in [1.807, 2.05) is 30.3 Å². The molecule has 0 saturated carbocycles. The van der Waals surface area contributed by atoms with Crippen molar-refractivity contribution < 1.29 is 9.84 Å². The van der Waals surface area contributed by atoms with Gasteiger partial charge in [-0.25, -0.2) is 4.98 Å². The molecule has 2 heterocycles. The van der Waals surface area contributed by atoms with E-state index in [9.17, 15) is 15.6 Å². The molecule has 0 saturated heterocycles. The van der Waals surface area contributed by atoms with E-state index in [0.717, 1.165) is 10.9 Å². The number of phenolic OH excluding ortho intramolecular Hbond substituents is 1. The maximum atomic E-state index is 9.99. The van der Waals surface area contributed by atoms with E-state index in [-0.39, 0.29) is 28.4 Å². The Morgan fingerprint density at radius 3 is 2.59 bits per heavy atom. The molecule has 7 heteroatoms. The first-order valence-corrected chi connectivity index (χ1v) is 8.66. The number of para-hydroxylation sites is 1. The number of pyridine rings is 1. The number of rotatable bonds is 3. The standard InChI is InChI=1S/C22H15N5O2/c1-29-19-8-12(6-7-18(19)28)20-14(9-23)21(27-22(25)15(20)10-24)16-11-26-17-5-3-2-4-13(16)17/h2-8,11,26,28H,1H3,(H2,25,27). The molecule has 0 radical (unpaired) electrons. The lowest BCUT2D eigenvalue weighted by Gasteiger charge is -2.14. The van der Waals surface area contributed by atoms with Crippen LogP contribution in [0.15, 0.2) is 48.7 Å². The number of hydrogen-bond acceptors (Lipinski definition) is 6. The van der Waals surface area contributed by atoms with Crippen LogP contribution in [0, 0.1) is 22.7 Å². The van der Waals surface area contributed by atoms with Crippen LogP contribution in [-0.2, 0) is 0 Å². The molecule has 0 amide bonds. The molecular formula is C22H15N5O2. The number of hydrogen-bond donors (Lipinski definition) is 3. The Kier molecular flexibility index (Phi) is 4.27. The highest BCUT2D eigenvalue weighted by Gasteiger charge is 2.23. The molecule has 4 rings (SSSR count). The number of aromatic nitrogens is 2. The van der Waals surface area contributed by atoms with Crippen molar-refractivity contribution in [3.05, 3.63) is 59.8 Å². The molecule has 2 aromatic carbocycles. The number of ether oxygens (including phenoxy) is 1. The third-order valence-electron chi connectivity index (χ3n) is 4.76. The van der Waals surface area contributed by atoms with Crippen LogP contribution in [0.1, 0.15) is 11.1 Å². The molecule has 4 N–H and O–H groups in total. The number of nitrogens with one attached hydrogen (secondary N) is 1. The fraction of sp³-hybridized carbons (Fsp3) is 0.0455. The third-order valence-corrected chi connectivity index (χ3v) is 4.76. The van der Waals surface area contributed by atoms with E-state index in [4.69, 9.17) is 10.5 Å². The van der Waals surface area contributed by atoms with E-state index >= 15 is 0 Å². The molecule has 7 nitrogen and oxygen atoms in total. The summed E-state index contributed by atoms with van der Waals surface area (Å²) in [6.07, 6.45) is 1.76. The first-order chi connectivity index (χ1) is 14.1. The van der Waals surface area contributed by atoms with Crippen molar-refractivity contribution in [1.82, 2.24) is 9.97 Å². The van der Waals surface area contributed by atoms with Crippen LogP contribution in [0.4, 0.5) is 5.82 Å². The SMILES string of the molecule is COc1cc(-c2c(C#N)c(N)nc(-c3c[nH]c4ccccc34)c2C#N)ccc1O. The number of nitriles is 2. The van der Waals surface area contributed by atoms with Crippen molar-refractivity contribution in [1.29, 1.82) is 10.5 Å². The van der Waals surface area contributed by atoms with Gasteiger partial charge in [-0.2, -0.15) is 10.5 Å². The van der Waals surface area contributed by atoms with E-state index < -0.39 is 0 Å². The molecule has 0 spiro atoms. The first kappa shape index (κ1) is 17.9. The summed E-state index contributed by atoms with van der Waals surface area (Å²) in [6, 6.07) is 16.5. The van der Waals surface area contributed by atoms with Gasteiger partial charge < -0.3 is 20.6 Å². The molecule has 0 aliphatic heterocycles. The van der Waals surface area contributed by atoms with Crippen molar-refractivity contribution in [2.24, 2.45) is 0 Å². The van der Waals surface area contributed by atoms with Crippen LogP contribution in [0.3, 0.4) is 0 Å². The van der Waals surface area contributed by atoms with Crippen LogP contribution in [0.25, 0.3) is 33.3 Å². The number of H-pyrrole nitrogens is 1. The number of anilines is 1.